The molecule has 2 unspecified atom stereocenters. The van der Waals surface area contributed by atoms with Gasteiger partial charge >= 0.3 is 5.97 Å². The molecule has 1 aromatic carbocycles. The Labute approximate surface area is 125 Å². The van der Waals surface area contributed by atoms with Crippen LogP contribution in [0.1, 0.15) is 45.2 Å². The first kappa shape index (κ1) is 17.2. The highest BCUT2D eigenvalue weighted by Crippen LogP contribution is 2.20. The third kappa shape index (κ3) is 5.55. The highest BCUT2D eigenvalue weighted by Gasteiger charge is 2.32. The molecule has 0 aromatic heterocycles. The van der Waals surface area contributed by atoms with Crippen LogP contribution in [0.5, 0.6) is 0 Å². The molecule has 1 amide bonds. The summed E-state index contributed by atoms with van der Waals surface area (Å²) in [6.07, 6.45) is 0.683. The lowest BCUT2D eigenvalue weighted by molar-refractivity contribution is -0.145. The van der Waals surface area contributed by atoms with Gasteiger partial charge in [-0.3, -0.25) is 4.79 Å². The van der Waals surface area contributed by atoms with Crippen molar-refractivity contribution in [2.75, 3.05) is 0 Å². The summed E-state index contributed by atoms with van der Waals surface area (Å²) in [7, 11) is 0. The minimum atomic E-state index is -1.02. The Hall–Kier alpha value is -1.88. The first-order valence-electron chi connectivity index (χ1n) is 7.04. The first-order valence-corrected chi connectivity index (χ1v) is 7.04. The van der Waals surface area contributed by atoms with Crippen molar-refractivity contribution in [3.05, 3.63) is 35.9 Å². The van der Waals surface area contributed by atoms with E-state index >= 15 is 0 Å². The lowest BCUT2D eigenvalue weighted by Crippen LogP contribution is -2.49. The van der Waals surface area contributed by atoms with E-state index in [1.807, 2.05) is 30.3 Å². The molecule has 2 atom stereocenters. The van der Waals surface area contributed by atoms with Crippen molar-refractivity contribution in [3.63, 3.8) is 0 Å². The number of rotatable bonds is 6. The third-order valence-corrected chi connectivity index (χ3v) is 3.33. The van der Waals surface area contributed by atoms with E-state index in [1.165, 1.54) is 0 Å². The number of nitrogens with one attached hydrogen (secondary N) is 1. The molecule has 116 valence electrons. The predicted octanol–water partition coefficient (Wildman–Crippen LogP) is 2.08. The number of benzene rings is 1. The SMILES string of the molecule is CC(C)(C)C(NC(=O)CCC(N)c1ccccc1)C(=O)O. The van der Waals surface area contributed by atoms with Crippen LogP contribution in [0.4, 0.5) is 0 Å². The Bertz CT molecular complexity index is 480. The molecule has 21 heavy (non-hydrogen) atoms. The summed E-state index contributed by atoms with van der Waals surface area (Å²) in [5.41, 5.74) is 6.45. The second kappa shape index (κ2) is 7.22. The van der Waals surface area contributed by atoms with Gasteiger partial charge in [0.15, 0.2) is 0 Å². The zero-order valence-corrected chi connectivity index (χ0v) is 12.8. The molecule has 0 spiro atoms. The molecule has 0 aliphatic rings. The van der Waals surface area contributed by atoms with Crippen LogP contribution in [0.25, 0.3) is 0 Å². The lowest BCUT2D eigenvalue weighted by Gasteiger charge is -2.27. The van der Waals surface area contributed by atoms with Crippen molar-refractivity contribution in [1.82, 2.24) is 5.32 Å². The summed E-state index contributed by atoms with van der Waals surface area (Å²) >= 11 is 0. The largest absolute Gasteiger partial charge is 0.480 e. The van der Waals surface area contributed by atoms with Crippen molar-refractivity contribution < 1.29 is 14.7 Å². The molecule has 4 N–H and O–H groups in total. The minimum absolute atomic E-state index is 0.204. The van der Waals surface area contributed by atoms with Crippen molar-refractivity contribution in [2.45, 2.75) is 45.7 Å². The summed E-state index contributed by atoms with van der Waals surface area (Å²) in [6.45, 7) is 5.34. The summed E-state index contributed by atoms with van der Waals surface area (Å²) in [5, 5.41) is 11.7. The molecule has 0 bridgehead atoms. The van der Waals surface area contributed by atoms with Crippen molar-refractivity contribution in [3.8, 4) is 0 Å². The highest BCUT2D eigenvalue weighted by atomic mass is 16.4. The normalized spacial score (nSPS) is 14.3. The predicted molar refractivity (Wildman–Crippen MR) is 81.6 cm³/mol. The number of carbonyl (C=O) groups is 2. The number of aliphatic carboxylic acids is 1. The molecule has 5 heteroatoms. The monoisotopic (exact) mass is 292 g/mol. The lowest BCUT2D eigenvalue weighted by atomic mass is 9.86. The molecule has 0 aliphatic carbocycles. The molecule has 0 heterocycles. The maximum atomic E-state index is 11.9. The summed E-state index contributed by atoms with van der Waals surface area (Å²) < 4.78 is 0. The van der Waals surface area contributed by atoms with Crippen LogP contribution in [0.3, 0.4) is 0 Å². The van der Waals surface area contributed by atoms with E-state index in [9.17, 15) is 14.7 Å². The first-order chi connectivity index (χ1) is 9.71. The van der Waals surface area contributed by atoms with Crippen molar-refractivity contribution in [2.24, 2.45) is 11.1 Å². The number of amides is 1. The third-order valence-electron chi connectivity index (χ3n) is 3.33. The highest BCUT2D eigenvalue weighted by molar-refractivity contribution is 5.84. The number of carboxylic acid groups (broad SMARTS) is 1. The number of hydrogen-bond donors (Lipinski definition) is 3. The molecule has 0 saturated carbocycles. The molecule has 1 aromatic rings. The molecular formula is C16H24N2O3. The molecule has 0 radical (unpaired) electrons. The van der Waals surface area contributed by atoms with E-state index in [2.05, 4.69) is 5.32 Å². The molecule has 5 nitrogen and oxygen atoms in total. The second-order valence-corrected chi connectivity index (χ2v) is 6.26. The average Bonchev–Trinajstić information content (AvgIpc) is 2.41. The Balaban J connectivity index is 2.52. The maximum Gasteiger partial charge on any atom is 0.326 e. The summed E-state index contributed by atoms with van der Waals surface area (Å²) in [6, 6.07) is 8.40. The zero-order chi connectivity index (χ0) is 16.0. The van der Waals surface area contributed by atoms with Gasteiger partial charge in [0.05, 0.1) is 0 Å². The van der Waals surface area contributed by atoms with E-state index in [0.29, 0.717) is 6.42 Å². The van der Waals surface area contributed by atoms with Gasteiger partial charge < -0.3 is 16.2 Å². The Morgan fingerprint density at radius 2 is 1.81 bits per heavy atom. The average molecular weight is 292 g/mol. The van der Waals surface area contributed by atoms with Gasteiger partial charge in [0.25, 0.3) is 0 Å². The van der Waals surface area contributed by atoms with E-state index in [-0.39, 0.29) is 18.4 Å². The number of carbonyl (C=O) groups excluding carboxylic acids is 1. The van der Waals surface area contributed by atoms with E-state index in [1.54, 1.807) is 20.8 Å². The molecular weight excluding hydrogens is 268 g/mol. The fraction of sp³-hybridized carbons (Fsp3) is 0.500. The topological polar surface area (TPSA) is 92.4 Å². The molecule has 0 saturated heterocycles. The summed E-state index contributed by atoms with van der Waals surface area (Å²) in [4.78, 5) is 23.1. The minimum Gasteiger partial charge on any atom is -0.480 e. The van der Waals surface area contributed by atoms with Crippen LogP contribution >= 0.6 is 0 Å². The second-order valence-electron chi connectivity index (χ2n) is 6.26. The van der Waals surface area contributed by atoms with Crippen LogP contribution in [0.15, 0.2) is 30.3 Å². The van der Waals surface area contributed by atoms with Crippen LogP contribution in [-0.2, 0) is 9.59 Å². The van der Waals surface area contributed by atoms with Crippen LogP contribution in [0.2, 0.25) is 0 Å². The van der Waals surface area contributed by atoms with Gasteiger partial charge in [-0.25, -0.2) is 4.79 Å². The number of hydrogen-bond acceptors (Lipinski definition) is 3. The fourth-order valence-corrected chi connectivity index (χ4v) is 2.04. The van der Waals surface area contributed by atoms with Crippen LogP contribution in [0, 0.1) is 5.41 Å². The van der Waals surface area contributed by atoms with Gasteiger partial charge in [-0.1, -0.05) is 51.1 Å². The van der Waals surface area contributed by atoms with Gasteiger partial charge in [-0.2, -0.15) is 0 Å². The molecule has 0 aliphatic heterocycles. The smallest absolute Gasteiger partial charge is 0.326 e. The van der Waals surface area contributed by atoms with Gasteiger partial charge in [0.1, 0.15) is 6.04 Å². The van der Waals surface area contributed by atoms with E-state index < -0.39 is 17.4 Å². The Morgan fingerprint density at radius 1 is 1.24 bits per heavy atom. The van der Waals surface area contributed by atoms with E-state index in [4.69, 9.17) is 5.73 Å². The van der Waals surface area contributed by atoms with Gasteiger partial charge in [-0.05, 0) is 17.4 Å². The van der Waals surface area contributed by atoms with Crippen molar-refractivity contribution in [1.29, 1.82) is 0 Å². The van der Waals surface area contributed by atoms with Crippen molar-refractivity contribution >= 4 is 11.9 Å². The van der Waals surface area contributed by atoms with Gasteiger partial charge in [0.2, 0.25) is 5.91 Å². The van der Waals surface area contributed by atoms with Gasteiger partial charge in [0, 0.05) is 12.5 Å². The van der Waals surface area contributed by atoms with Crippen LogP contribution in [-0.4, -0.2) is 23.0 Å². The fourth-order valence-electron chi connectivity index (χ4n) is 2.04. The quantitative estimate of drug-likeness (QED) is 0.748. The molecule has 1 rings (SSSR count). The number of carboxylic acids is 1. The summed E-state index contributed by atoms with van der Waals surface area (Å²) in [5.74, 6) is -1.31. The zero-order valence-electron chi connectivity index (χ0n) is 12.8. The maximum absolute atomic E-state index is 11.9. The Morgan fingerprint density at radius 3 is 2.29 bits per heavy atom. The van der Waals surface area contributed by atoms with Crippen LogP contribution < -0.4 is 11.1 Å². The Kier molecular flexibility index (Phi) is 5.90. The van der Waals surface area contributed by atoms with Gasteiger partial charge in [-0.15, -0.1) is 0 Å². The molecule has 0 fully saturated rings. The van der Waals surface area contributed by atoms with E-state index in [0.717, 1.165) is 5.56 Å². The number of nitrogens with two attached hydrogens (primary N) is 1. The standard InChI is InChI=1S/C16H24N2O3/c1-16(2,3)14(15(20)21)18-13(19)10-9-12(17)11-7-5-4-6-8-11/h4-8,12,14H,9-10,17H2,1-3H3,(H,18,19)(H,20,21).